The standard InChI is InChI=1S/C26H30N4O2/c1-31-22-16-20(7-14-27-22)19-3-2-4-21(15-19)28-17-25-8-11-26(12-9-25,13-10-25)24-29-23(30-32-24)18-5-6-18/h2-4,7,14-16,18,28H,5-6,8-13,17H2,1H3. The van der Waals surface area contributed by atoms with E-state index >= 15 is 0 Å². The highest BCUT2D eigenvalue weighted by atomic mass is 16.5. The van der Waals surface area contributed by atoms with E-state index in [4.69, 9.17) is 14.2 Å². The largest absolute Gasteiger partial charge is 0.481 e. The van der Waals surface area contributed by atoms with Gasteiger partial charge in [-0.15, -0.1) is 0 Å². The molecule has 4 saturated carbocycles. The summed E-state index contributed by atoms with van der Waals surface area (Å²) in [4.78, 5) is 9.04. The van der Waals surface area contributed by atoms with Crippen molar-refractivity contribution in [3.05, 3.63) is 54.3 Å². The van der Waals surface area contributed by atoms with E-state index in [1.165, 1.54) is 43.4 Å². The minimum atomic E-state index is 0.127. The lowest BCUT2D eigenvalue weighted by Crippen LogP contribution is -2.47. The Kier molecular flexibility index (Phi) is 4.70. The topological polar surface area (TPSA) is 73.1 Å². The molecule has 0 spiro atoms. The number of nitrogens with one attached hydrogen (secondary N) is 1. The van der Waals surface area contributed by atoms with Gasteiger partial charge < -0.3 is 14.6 Å². The van der Waals surface area contributed by atoms with E-state index in [0.29, 0.717) is 17.2 Å². The molecule has 166 valence electrons. The van der Waals surface area contributed by atoms with Crippen LogP contribution < -0.4 is 10.1 Å². The van der Waals surface area contributed by atoms with Crippen LogP contribution in [-0.4, -0.2) is 28.8 Å². The van der Waals surface area contributed by atoms with Crippen molar-refractivity contribution in [3.63, 3.8) is 0 Å². The third-order valence-corrected chi connectivity index (χ3v) is 8.05. The molecule has 4 aliphatic carbocycles. The molecule has 7 rings (SSSR count). The lowest BCUT2D eigenvalue weighted by Gasteiger charge is -2.52. The summed E-state index contributed by atoms with van der Waals surface area (Å²) >= 11 is 0. The number of hydrogen-bond donors (Lipinski definition) is 1. The zero-order valence-electron chi connectivity index (χ0n) is 18.6. The number of nitrogens with zero attached hydrogens (tertiary/aromatic N) is 3. The van der Waals surface area contributed by atoms with Gasteiger partial charge in [-0.05, 0) is 86.1 Å². The van der Waals surface area contributed by atoms with Crippen LogP contribution in [0.3, 0.4) is 0 Å². The maximum Gasteiger partial charge on any atom is 0.232 e. The second kappa shape index (κ2) is 7.61. The summed E-state index contributed by atoms with van der Waals surface area (Å²) in [6.45, 7) is 1.02. The van der Waals surface area contributed by atoms with Crippen LogP contribution in [0, 0.1) is 5.41 Å². The van der Waals surface area contributed by atoms with Crippen molar-refractivity contribution in [3.8, 4) is 17.0 Å². The monoisotopic (exact) mass is 430 g/mol. The van der Waals surface area contributed by atoms with Gasteiger partial charge in [0, 0.05) is 35.8 Å². The number of aromatic nitrogens is 3. The van der Waals surface area contributed by atoms with Gasteiger partial charge in [0.1, 0.15) is 0 Å². The van der Waals surface area contributed by atoms with E-state index < -0.39 is 0 Å². The average molecular weight is 431 g/mol. The van der Waals surface area contributed by atoms with Gasteiger partial charge in [0.05, 0.1) is 7.11 Å². The molecule has 0 aliphatic heterocycles. The van der Waals surface area contributed by atoms with E-state index in [2.05, 4.69) is 39.7 Å². The van der Waals surface area contributed by atoms with E-state index in [1.54, 1.807) is 13.3 Å². The number of fused-ring (bicyclic) bond motifs is 3. The lowest BCUT2D eigenvalue weighted by atomic mass is 9.53. The van der Waals surface area contributed by atoms with Crippen molar-refractivity contribution >= 4 is 5.69 Å². The lowest BCUT2D eigenvalue weighted by molar-refractivity contribution is 0.0322. The second-order valence-corrected chi connectivity index (χ2v) is 10.0. The van der Waals surface area contributed by atoms with Gasteiger partial charge in [0.25, 0.3) is 0 Å². The molecule has 0 atom stereocenters. The third kappa shape index (κ3) is 3.55. The Morgan fingerprint density at radius 2 is 1.81 bits per heavy atom. The number of pyridine rings is 1. The van der Waals surface area contributed by atoms with Gasteiger partial charge in [-0.25, -0.2) is 4.98 Å². The number of ether oxygens (including phenoxy) is 1. The second-order valence-electron chi connectivity index (χ2n) is 10.0. The summed E-state index contributed by atoms with van der Waals surface area (Å²) in [5.41, 5.74) is 3.95. The molecule has 3 aromatic rings. The number of anilines is 1. The van der Waals surface area contributed by atoms with Gasteiger partial charge in [-0.2, -0.15) is 4.98 Å². The first-order chi connectivity index (χ1) is 15.7. The predicted molar refractivity (Wildman–Crippen MR) is 123 cm³/mol. The van der Waals surface area contributed by atoms with Gasteiger partial charge in [-0.1, -0.05) is 17.3 Å². The van der Waals surface area contributed by atoms with E-state index in [9.17, 15) is 0 Å². The minimum absolute atomic E-state index is 0.127. The van der Waals surface area contributed by atoms with Crippen molar-refractivity contribution in [2.24, 2.45) is 5.41 Å². The van der Waals surface area contributed by atoms with Crippen LogP contribution in [-0.2, 0) is 5.41 Å². The van der Waals surface area contributed by atoms with Crippen LogP contribution in [0.25, 0.3) is 11.1 Å². The molecule has 1 N–H and O–H groups in total. The molecule has 6 nitrogen and oxygen atoms in total. The zero-order chi connectivity index (χ0) is 21.6. The minimum Gasteiger partial charge on any atom is -0.481 e. The summed E-state index contributed by atoms with van der Waals surface area (Å²) < 4.78 is 11.0. The smallest absolute Gasteiger partial charge is 0.232 e. The molecule has 4 fully saturated rings. The normalized spacial score (nSPS) is 26.8. The predicted octanol–water partition coefficient (Wildman–Crippen LogP) is 5.72. The highest BCUT2D eigenvalue weighted by molar-refractivity contribution is 5.68. The van der Waals surface area contributed by atoms with Crippen LogP contribution in [0.1, 0.15) is 69.0 Å². The Morgan fingerprint density at radius 3 is 2.56 bits per heavy atom. The van der Waals surface area contributed by atoms with Gasteiger partial charge in [-0.3, -0.25) is 0 Å². The van der Waals surface area contributed by atoms with Gasteiger partial charge in [0.15, 0.2) is 5.82 Å². The Labute approximate surface area is 188 Å². The number of benzene rings is 1. The quantitative estimate of drug-likeness (QED) is 0.517. The number of hydrogen-bond acceptors (Lipinski definition) is 6. The Morgan fingerprint density at radius 1 is 1.03 bits per heavy atom. The van der Waals surface area contributed by atoms with E-state index in [1.807, 2.05) is 12.1 Å². The van der Waals surface area contributed by atoms with Crippen LogP contribution in [0.15, 0.2) is 47.1 Å². The first-order valence-electron chi connectivity index (χ1n) is 11.9. The molecular formula is C26H30N4O2. The third-order valence-electron chi connectivity index (χ3n) is 8.05. The Bertz CT molecular complexity index is 1100. The molecule has 2 aromatic heterocycles. The summed E-state index contributed by atoms with van der Waals surface area (Å²) in [6, 6.07) is 12.6. The number of rotatable bonds is 7. The van der Waals surface area contributed by atoms with Crippen molar-refractivity contribution in [2.75, 3.05) is 19.0 Å². The molecule has 0 radical (unpaired) electrons. The maximum absolute atomic E-state index is 5.77. The summed E-state index contributed by atoms with van der Waals surface area (Å²) in [5.74, 6) is 3.06. The highest BCUT2D eigenvalue weighted by Gasteiger charge is 2.52. The molecular weight excluding hydrogens is 400 g/mol. The van der Waals surface area contributed by atoms with E-state index in [0.717, 1.165) is 43.1 Å². The van der Waals surface area contributed by atoms with Crippen LogP contribution in [0.5, 0.6) is 5.88 Å². The molecule has 32 heavy (non-hydrogen) atoms. The number of methoxy groups -OCH3 is 1. The first kappa shape index (κ1) is 19.8. The highest BCUT2D eigenvalue weighted by Crippen LogP contribution is 2.57. The van der Waals surface area contributed by atoms with Crippen LogP contribution in [0.4, 0.5) is 5.69 Å². The molecule has 0 saturated heterocycles. The summed E-state index contributed by atoms with van der Waals surface area (Å²) in [5, 5.41) is 8.04. The van der Waals surface area contributed by atoms with Gasteiger partial charge >= 0.3 is 0 Å². The summed E-state index contributed by atoms with van der Waals surface area (Å²) in [7, 11) is 1.65. The van der Waals surface area contributed by atoms with Crippen molar-refractivity contribution < 1.29 is 9.26 Å². The Hall–Kier alpha value is -2.89. The fourth-order valence-electron chi connectivity index (χ4n) is 5.61. The average Bonchev–Trinajstić information content (AvgIpc) is 3.60. The van der Waals surface area contributed by atoms with Crippen LogP contribution in [0.2, 0.25) is 0 Å². The van der Waals surface area contributed by atoms with Crippen molar-refractivity contribution in [1.29, 1.82) is 0 Å². The van der Waals surface area contributed by atoms with Crippen molar-refractivity contribution in [1.82, 2.24) is 15.1 Å². The SMILES string of the molecule is COc1cc(-c2cccc(NCC34CCC(c5nc(C6CC6)no5)(CC3)CC4)c2)ccn1. The van der Waals surface area contributed by atoms with Crippen LogP contribution >= 0.6 is 0 Å². The zero-order valence-corrected chi connectivity index (χ0v) is 18.6. The van der Waals surface area contributed by atoms with Gasteiger partial charge in [0.2, 0.25) is 11.8 Å². The molecule has 0 unspecified atom stereocenters. The van der Waals surface area contributed by atoms with E-state index in [-0.39, 0.29) is 5.41 Å². The maximum atomic E-state index is 5.77. The molecule has 2 heterocycles. The molecule has 6 heteroatoms. The first-order valence-corrected chi connectivity index (χ1v) is 11.9. The molecule has 1 aromatic carbocycles. The summed E-state index contributed by atoms with van der Waals surface area (Å²) in [6.07, 6.45) is 11.4. The Balaban J connectivity index is 1.12. The molecule has 2 bridgehead atoms. The molecule has 0 amide bonds. The molecule has 4 aliphatic rings. The van der Waals surface area contributed by atoms with Crippen molar-refractivity contribution in [2.45, 2.75) is 62.7 Å². The fourth-order valence-corrected chi connectivity index (χ4v) is 5.61. The fraction of sp³-hybridized carbons (Fsp3) is 0.500.